The fourth-order valence-electron chi connectivity index (χ4n) is 1.33. The van der Waals surface area contributed by atoms with E-state index in [4.69, 9.17) is 11.5 Å². The molecule has 0 saturated carbocycles. The summed E-state index contributed by atoms with van der Waals surface area (Å²) >= 11 is 0. The number of nitrogens with two attached hydrogens (primary N) is 2. The van der Waals surface area contributed by atoms with Gasteiger partial charge in [0.1, 0.15) is 5.82 Å². The number of sulfone groups is 1. The fraction of sp³-hybridized carbons (Fsp3) is 0.300. The molecule has 7 heteroatoms. The van der Waals surface area contributed by atoms with Crippen LogP contribution in [-0.4, -0.2) is 26.6 Å². The number of hydrogen-bond acceptors (Lipinski definition) is 4. The molecule has 0 aliphatic rings. The van der Waals surface area contributed by atoms with Gasteiger partial charge in [0.25, 0.3) is 0 Å². The topological polar surface area (TPSA) is 103 Å². The van der Waals surface area contributed by atoms with Gasteiger partial charge in [0, 0.05) is 17.7 Å². The number of rotatable bonds is 5. The van der Waals surface area contributed by atoms with Gasteiger partial charge in [-0.05, 0) is 18.2 Å². The highest BCUT2D eigenvalue weighted by Crippen LogP contribution is 2.14. The van der Waals surface area contributed by atoms with Crippen molar-refractivity contribution in [3.05, 3.63) is 35.1 Å². The van der Waals surface area contributed by atoms with Crippen LogP contribution in [0.5, 0.6) is 0 Å². The second-order valence-corrected chi connectivity index (χ2v) is 5.74. The van der Waals surface area contributed by atoms with Crippen LogP contribution in [0.15, 0.2) is 18.2 Å². The number of carbonyl (C=O) groups excluding carboxylic acids is 1. The molecule has 5 nitrogen and oxygen atoms in total. The predicted octanol–water partition coefficient (Wildman–Crippen LogP) is -0.202. The van der Waals surface area contributed by atoms with Gasteiger partial charge in [0.2, 0.25) is 5.91 Å². The van der Waals surface area contributed by atoms with Crippen LogP contribution in [0.25, 0.3) is 0 Å². The van der Waals surface area contributed by atoms with Gasteiger partial charge >= 0.3 is 0 Å². The van der Waals surface area contributed by atoms with Gasteiger partial charge in [0.15, 0.2) is 9.84 Å². The predicted molar refractivity (Wildman–Crippen MR) is 61.5 cm³/mol. The number of benzene rings is 1. The van der Waals surface area contributed by atoms with E-state index in [1.807, 2.05) is 0 Å². The summed E-state index contributed by atoms with van der Waals surface area (Å²) in [6.07, 6.45) is 0. The number of primary amides is 1. The molecule has 1 aromatic carbocycles. The van der Waals surface area contributed by atoms with Crippen molar-refractivity contribution in [3.8, 4) is 0 Å². The van der Waals surface area contributed by atoms with Crippen molar-refractivity contribution in [3.63, 3.8) is 0 Å². The van der Waals surface area contributed by atoms with E-state index in [9.17, 15) is 17.6 Å². The van der Waals surface area contributed by atoms with Crippen LogP contribution in [0.3, 0.4) is 0 Å². The zero-order chi connectivity index (χ0) is 13.1. The van der Waals surface area contributed by atoms with Crippen LogP contribution in [0.1, 0.15) is 15.9 Å². The van der Waals surface area contributed by atoms with Crippen LogP contribution in [0.4, 0.5) is 4.39 Å². The van der Waals surface area contributed by atoms with E-state index < -0.39 is 27.3 Å². The lowest BCUT2D eigenvalue weighted by molar-refractivity contribution is 0.1000. The highest BCUT2D eigenvalue weighted by atomic mass is 32.2. The Morgan fingerprint density at radius 2 is 2.00 bits per heavy atom. The van der Waals surface area contributed by atoms with Crippen molar-refractivity contribution in [2.75, 3.05) is 12.3 Å². The lowest BCUT2D eigenvalue weighted by Gasteiger charge is -2.05. The molecule has 1 rings (SSSR count). The van der Waals surface area contributed by atoms with Gasteiger partial charge in [-0.1, -0.05) is 0 Å². The normalized spacial score (nSPS) is 11.4. The molecule has 0 aliphatic carbocycles. The highest BCUT2D eigenvalue weighted by molar-refractivity contribution is 7.90. The quantitative estimate of drug-likeness (QED) is 0.765. The first kappa shape index (κ1) is 13.6. The first-order valence-corrected chi connectivity index (χ1v) is 6.66. The standard InChI is InChI=1S/C10H13FN2O3S/c11-9-2-1-7(10(13)14)5-8(9)6-17(15,16)4-3-12/h1-2,5H,3-4,6,12H2,(H2,13,14). The van der Waals surface area contributed by atoms with Crippen LogP contribution in [0.2, 0.25) is 0 Å². The number of amides is 1. The lowest BCUT2D eigenvalue weighted by Crippen LogP contribution is -2.18. The minimum absolute atomic E-state index is 0.0283. The summed E-state index contributed by atoms with van der Waals surface area (Å²) in [7, 11) is -3.47. The molecule has 0 aliphatic heterocycles. The van der Waals surface area contributed by atoms with E-state index in [0.29, 0.717) is 0 Å². The van der Waals surface area contributed by atoms with Gasteiger partial charge in [-0.2, -0.15) is 0 Å². The molecule has 0 fully saturated rings. The molecule has 1 amide bonds. The van der Waals surface area contributed by atoms with Crippen molar-refractivity contribution >= 4 is 15.7 Å². The van der Waals surface area contributed by atoms with Gasteiger partial charge in [-0.25, -0.2) is 12.8 Å². The van der Waals surface area contributed by atoms with Crippen LogP contribution < -0.4 is 11.5 Å². The van der Waals surface area contributed by atoms with E-state index in [2.05, 4.69) is 0 Å². The Balaban J connectivity index is 3.06. The van der Waals surface area contributed by atoms with Crippen LogP contribution >= 0.6 is 0 Å². The molecule has 0 radical (unpaired) electrons. The largest absolute Gasteiger partial charge is 0.366 e. The zero-order valence-corrected chi connectivity index (χ0v) is 9.84. The van der Waals surface area contributed by atoms with Gasteiger partial charge in [-0.15, -0.1) is 0 Å². The molecular weight excluding hydrogens is 247 g/mol. The summed E-state index contributed by atoms with van der Waals surface area (Å²) in [5, 5.41) is 0. The monoisotopic (exact) mass is 260 g/mol. The summed E-state index contributed by atoms with van der Waals surface area (Å²) in [6, 6.07) is 3.37. The van der Waals surface area contributed by atoms with Crippen molar-refractivity contribution in [2.24, 2.45) is 11.5 Å². The Hall–Kier alpha value is -1.47. The van der Waals surface area contributed by atoms with Crippen LogP contribution in [0, 0.1) is 5.82 Å². The molecule has 4 N–H and O–H groups in total. The van der Waals surface area contributed by atoms with E-state index in [1.165, 1.54) is 6.07 Å². The summed E-state index contributed by atoms with van der Waals surface area (Å²) in [6.45, 7) is -0.0283. The summed E-state index contributed by atoms with van der Waals surface area (Å²) in [4.78, 5) is 10.9. The first-order chi connectivity index (χ1) is 7.85. The fourth-order valence-corrected chi connectivity index (χ4v) is 2.53. The minimum Gasteiger partial charge on any atom is -0.366 e. The molecule has 0 unspecified atom stereocenters. The maximum Gasteiger partial charge on any atom is 0.248 e. The Kier molecular flexibility index (Phi) is 4.19. The van der Waals surface area contributed by atoms with E-state index in [1.54, 1.807) is 0 Å². The Bertz CT molecular complexity index is 528. The summed E-state index contributed by atoms with van der Waals surface area (Å²) < 4.78 is 36.3. The molecule has 94 valence electrons. The van der Waals surface area contributed by atoms with Crippen molar-refractivity contribution in [2.45, 2.75) is 5.75 Å². The third-order valence-corrected chi connectivity index (χ3v) is 3.74. The average molecular weight is 260 g/mol. The zero-order valence-electron chi connectivity index (χ0n) is 9.02. The smallest absolute Gasteiger partial charge is 0.248 e. The number of hydrogen-bond donors (Lipinski definition) is 2. The molecule has 1 aromatic rings. The summed E-state index contributed by atoms with van der Waals surface area (Å²) in [5.74, 6) is -2.14. The second-order valence-electron chi connectivity index (χ2n) is 3.55. The molecule has 0 bridgehead atoms. The SMILES string of the molecule is NCCS(=O)(=O)Cc1cc(C(N)=O)ccc1F. The van der Waals surface area contributed by atoms with E-state index >= 15 is 0 Å². The van der Waals surface area contributed by atoms with E-state index in [-0.39, 0.29) is 23.4 Å². The van der Waals surface area contributed by atoms with Crippen LogP contribution in [-0.2, 0) is 15.6 Å². The van der Waals surface area contributed by atoms with E-state index in [0.717, 1.165) is 12.1 Å². The number of halogens is 1. The van der Waals surface area contributed by atoms with Gasteiger partial charge in [0.05, 0.1) is 11.5 Å². The third-order valence-electron chi connectivity index (χ3n) is 2.13. The highest BCUT2D eigenvalue weighted by Gasteiger charge is 2.15. The minimum atomic E-state index is -3.47. The Morgan fingerprint density at radius 1 is 1.35 bits per heavy atom. The van der Waals surface area contributed by atoms with Crippen molar-refractivity contribution in [1.82, 2.24) is 0 Å². The maximum atomic E-state index is 13.4. The summed E-state index contributed by atoms with van der Waals surface area (Å²) in [5.41, 5.74) is 10.2. The first-order valence-electron chi connectivity index (χ1n) is 4.84. The van der Waals surface area contributed by atoms with Crippen molar-refractivity contribution in [1.29, 1.82) is 0 Å². The molecule has 0 spiro atoms. The second kappa shape index (κ2) is 5.24. The molecule has 17 heavy (non-hydrogen) atoms. The average Bonchev–Trinajstić information content (AvgIpc) is 2.20. The third kappa shape index (κ3) is 3.79. The molecule has 0 atom stereocenters. The lowest BCUT2D eigenvalue weighted by atomic mass is 10.1. The molecule has 0 aromatic heterocycles. The molecular formula is C10H13FN2O3S. The van der Waals surface area contributed by atoms with Crippen molar-refractivity contribution < 1.29 is 17.6 Å². The van der Waals surface area contributed by atoms with Gasteiger partial charge < -0.3 is 11.5 Å². The maximum absolute atomic E-state index is 13.4. The molecule has 0 heterocycles. The van der Waals surface area contributed by atoms with Gasteiger partial charge in [-0.3, -0.25) is 4.79 Å². The Morgan fingerprint density at radius 3 is 2.53 bits per heavy atom. The molecule has 0 saturated heterocycles. The number of carbonyl (C=O) groups is 1. The Labute approximate surface area is 98.5 Å².